The molecule has 0 aromatic heterocycles. The Bertz CT molecular complexity index is 714. The van der Waals surface area contributed by atoms with Crippen LogP contribution in [0.2, 0.25) is 0 Å². The lowest BCUT2D eigenvalue weighted by molar-refractivity contribution is -0.169. The minimum atomic E-state index is -0.213. The van der Waals surface area contributed by atoms with Gasteiger partial charge in [-0.3, -0.25) is 9.59 Å². The highest BCUT2D eigenvalue weighted by molar-refractivity contribution is 5.66. The molecule has 0 N–H and O–H groups in total. The molecule has 8 atom stereocenters. The number of nitrogens with zero attached hydrogens (tertiary/aromatic N) is 1. The molecule has 5 heteroatoms. The van der Waals surface area contributed by atoms with Crippen LogP contribution in [0.3, 0.4) is 0 Å². The molecule has 160 valence electrons. The fourth-order valence-electron chi connectivity index (χ4n) is 8.18. The van der Waals surface area contributed by atoms with Crippen molar-refractivity contribution >= 4 is 11.9 Å². The average Bonchev–Trinajstić information content (AvgIpc) is 3.00. The molecule has 0 radical (unpaired) electrons. The van der Waals surface area contributed by atoms with E-state index in [0.29, 0.717) is 35.5 Å². The summed E-state index contributed by atoms with van der Waals surface area (Å²) in [4.78, 5) is 23.1. The van der Waals surface area contributed by atoms with E-state index in [9.17, 15) is 14.9 Å². The molecule has 0 aromatic carbocycles. The minimum absolute atomic E-state index is 0.0863. The van der Waals surface area contributed by atoms with Gasteiger partial charge in [-0.25, -0.2) is 0 Å². The molecule has 0 amide bonds. The quantitative estimate of drug-likeness (QED) is 0.636. The Morgan fingerprint density at radius 2 is 1.72 bits per heavy atom. The molecule has 0 bridgehead atoms. The number of hydrogen-bond acceptors (Lipinski definition) is 5. The summed E-state index contributed by atoms with van der Waals surface area (Å²) in [6, 6.07) is 2.45. The second-order valence-corrected chi connectivity index (χ2v) is 10.4. The fourth-order valence-corrected chi connectivity index (χ4v) is 8.18. The van der Waals surface area contributed by atoms with E-state index in [1.54, 1.807) is 0 Å². The van der Waals surface area contributed by atoms with Crippen LogP contribution in [-0.4, -0.2) is 24.1 Å². The van der Waals surface area contributed by atoms with Gasteiger partial charge in [0.05, 0.1) is 6.07 Å². The van der Waals surface area contributed by atoms with Crippen LogP contribution in [0, 0.1) is 45.8 Å². The first kappa shape index (κ1) is 20.7. The Labute approximate surface area is 174 Å². The van der Waals surface area contributed by atoms with Crippen LogP contribution in [0.4, 0.5) is 0 Å². The summed E-state index contributed by atoms with van der Waals surface area (Å²) in [7, 11) is 0. The van der Waals surface area contributed by atoms with Crippen molar-refractivity contribution < 1.29 is 19.1 Å². The van der Waals surface area contributed by atoms with Crippen LogP contribution in [0.1, 0.15) is 85.0 Å². The molecule has 29 heavy (non-hydrogen) atoms. The lowest BCUT2D eigenvalue weighted by Crippen LogP contribution is -2.55. The predicted octanol–water partition coefficient (Wildman–Crippen LogP) is 4.79. The van der Waals surface area contributed by atoms with E-state index in [1.165, 1.54) is 26.7 Å². The number of hydrogen-bond donors (Lipinski definition) is 0. The van der Waals surface area contributed by atoms with Gasteiger partial charge in [-0.15, -0.1) is 0 Å². The standard InChI is InChI=1S/C24H35NO4/c1-15(26)28-18-8-10-23(3)17(14-18)4-5-19-20(23)9-11-24(12-13-25)21(19)6-7-22(24)29-16(2)27/h17-22H,4-12,14H2,1-3H3/t17?,18-,19?,20?,21?,22-,23-,24+/m0/s1. The number of fused-ring (bicyclic) bond motifs is 5. The smallest absolute Gasteiger partial charge is 0.302 e. The van der Waals surface area contributed by atoms with Gasteiger partial charge in [0.25, 0.3) is 0 Å². The molecular formula is C24H35NO4. The summed E-state index contributed by atoms with van der Waals surface area (Å²) in [6.45, 7) is 5.49. The number of esters is 2. The molecule has 0 aromatic rings. The number of rotatable bonds is 3. The topological polar surface area (TPSA) is 76.4 Å². The highest BCUT2D eigenvalue weighted by Crippen LogP contribution is 2.67. The van der Waals surface area contributed by atoms with Crippen molar-refractivity contribution in [1.29, 1.82) is 5.26 Å². The van der Waals surface area contributed by atoms with Crippen molar-refractivity contribution in [3.05, 3.63) is 0 Å². The monoisotopic (exact) mass is 401 g/mol. The van der Waals surface area contributed by atoms with Crippen LogP contribution >= 0.6 is 0 Å². The molecule has 0 heterocycles. The summed E-state index contributed by atoms with van der Waals surface area (Å²) < 4.78 is 11.3. The van der Waals surface area contributed by atoms with Gasteiger partial charge in [0.15, 0.2) is 0 Å². The predicted molar refractivity (Wildman–Crippen MR) is 107 cm³/mol. The maximum atomic E-state index is 11.7. The van der Waals surface area contributed by atoms with Gasteiger partial charge >= 0.3 is 11.9 Å². The Balaban J connectivity index is 1.55. The van der Waals surface area contributed by atoms with E-state index in [-0.39, 0.29) is 29.6 Å². The van der Waals surface area contributed by atoms with Gasteiger partial charge < -0.3 is 9.47 Å². The highest BCUT2D eigenvalue weighted by Gasteiger charge is 2.62. The van der Waals surface area contributed by atoms with E-state index >= 15 is 0 Å². The summed E-state index contributed by atoms with van der Waals surface area (Å²) >= 11 is 0. The summed E-state index contributed by atoms with van der Waals surface area (Å²) in [5, 5.41) is 9.62. The molecule has 0 aliphatic heterocycles. The molecule has 4 rings (SSSR count). The van der Waals surface area contributed by atoms with Crippen LogP contribution in [0.25, 0.3) is 0 Å². The maximum absolute atomic E-state index is 11.7. The van der Waals surface area contributed by atoms with E-state index in [1.807, 2.05) is 0 Å². The number of carbonyl (C=O) groups is 2. The normalized spacial score (nSPS) is 45.9. The van der Waals surface area contributed by atoms with Crippen LogP contribution < -0.4 is 0 Å². The number of carbonyl (C=O) groups excluding carboxylic acids is 2. The fraction of sp³-hybridized carbons (Fsp3) is 0.875. The van der Waals surface area contributed by atoms with Crippen LogP contribution in [0.15, 0.2) is 0 Å². The largest absolute Gasteiger partial charge is 0.463 e. The lowest BCUT2D eigenvalue weighted by Gasteiger charge is -2.61. The average molecular weight is 402 g/mol. The van der Waals surface area contributed by atoms with Gasteiger partial charge in [0.1, 0.15) is 12.2 Å². The summed E-state index contributed by atoms with van der Waals surface area (Å²) in [5.41, 5.74) is 0.164. The summed E-state index contributed by atoms with van der Waals surface area (Å²) in [5.74, 6) is 2.05. The zero-order chi connectivity index (χ0) is 20.8. The van der Waals surface area contributed by atoms with Crippen molar-refractivity contribution in [2.75, 3.05) is 0 Å². The molecule has 4 unspecified atom stereocenters. The Morgan fingerprint density at radius 1 is 0.966 bits per heavy atom. The van der Waals surface area contributed by atoms with E-state index < -0.39 is 0 Å². The highest BCUT2D eigenvalue weighted by atomic mass is 16.5. The van der Waals surface area contributed by atoms with Gasteiger partial charge in [-0.2, -0.15) is 5.26 Å². The van der Waals surface area contributed by atoms with Crippen molar-refractivity contribution in [2.45, 2.75) is 97.2 Å². The zero-order valence-corrected chi connectivity index (χ0v) is 18.1. The first-order chi connectivity index (χ1) is 13.8. The zero-order valence-electron chi connectivity index (χ0n) is 18.1. The second kappa shape index (κ2) is 7.60. The molecule has 0 saturated heterocycles. The van der Waals surface area contributed by atoms with Gasteiger partial charge in [-0.1, -0.05) is 6.92 Å². The van der Waals surface area contributed by atoms with Crippen molar-refractivity contribution in [2.24, 2.45) is 34.5 Å². The van der Waals surface area contributed by atoms with E-state index in [4.69, 9.17) is 9.47 Å². The van der Waals surface area contributed by atoms with Crippen molar-refractivity contribution in [1.82, 2.24) is 0 Å². The third-order valence-corrected chi connectivity index (χ3v) is 9.30. The Hall–Kier alpha value is -1.57. The molecule has 4 saturated carbocycles. The third-order valence-electron chi connectivity index (χ3n) is 9.30. The van der Waals surface area contributed by atoms with Crippen molar-refractivity contribution in [3.63, 3.8) is 0 Å². The maximum Gasteiger partial charge on any atom is 0.302 e. The molecule has 4 aliphatic rings. The van der Waals surface area contributed by atoms with Crippen LogP contribution in [-0.2, 0) is 19.1 Å². The Kier molecular flexibility index (Phi) is 5.42. The van der Waals surface area contributed by atoms with E-state index in [2.05, 4.69) is 13.0 Å². The lowest BCUT2D eigenvalue weighted by atomic mass is 9.44. The molecular weight excluding hydrogens is 366 g/mol. The second-order valence-electron chi connectivity index (χ2n) is 10.4. The number of ether oxygens (including phenoxy) is 2. The van der Waals surface area contributed by atoms with E-state index in [0.717, 1.165) is 44.9 Å². The van der Waals surface area contributed by atoms with Gasteiger partial charge in [-0.05, 0) is 86.9 Å². The SMILES string of the molecule is CC(=O)O[C@H]1CC[C@@]2(C)C(CCC3C2CC[C@@]2(CC#N)C3CC[C@@H]2OC(C)=O)C1. The molecule has 0 spiro atoms. The first-order valence-electron chi connectivity index (χ1n) is 11.5. The third kappa shape index (κ3) is 3.37. The van der Waals surface area contributed by atoms with Gasteiger partial charge in [0.2, 0.25) is 0 Å². The Morgan fingerprint density at radius 3 is 2.41 bits per heavy atom. The molecule has 5 nitrogen and oxygen atoms in total. The van der Waals surface area contributed by atoms with Gasteiger partial charge in [0, 0.05) is 25.7 Å². The summed E-state index contributed by atoms with van der Waals surface area (Å²) in [6.07, 6.45) is 10.1. The van der Waals surface area contributed by atoms with Crippen LogP contribution in [0.5, 0.6) is 0 Å². The molecule has 4 fully saturated rings. The number of nitriles is 1. The molecule has 4 aliphatic carbocycles. The first-order valence-corrected chi connectivity index (χ1v) is 11.5. The van der Waals surface area contributed by atoms with Crippen molar-refractivity contribution in [3.8, 4) is 6.07 Å². The minimum Gasteiger partial charge on any atom is -0.463 e.